The van der Waals surface area contributed by atoms with E-state index in [9.17, 15) is 22.4 Å². The molecule has 1 radical (unpaired) electrons. The maximum absolute atomic E-state index is 13.4. The van der Waals surface area contributed by atoms with Crippen molar-refractivity contribution in [1.82, 2.24) is 9.62 Å². The van der Waals surface area contributed by atoms with E-state index in [2.05, 4.69) is 44.6 Å². The molecule has 1 heterocycles. The minimum absolute atomic E-state index is 0. The summed E-state index contributed by atoms with van der Waals surface area (Å²) in [4.78, 5) is 24.1. The molecule has 345 valence electrons. The quantitative estimate of drug-likeness (QED) is 0.0914. The maximum Gasteiger partial charge on any atom is 0.410 e. The minimum atomic E-state index is -2.94. The van der Waals surface area contributed by atoms with Gasteiger partial charge in [0.15, 0.2) is 0 Å². The van der Waals surface area contributed by atoms with Gasteiger partial charge in [0.2, 0.25) is 10.0 Å². The Labute approximate surface area is 413 Å². The molecule has 1 aliphatic heterocycles. The molecule has 1 aromatic carbocycles. The van der Waals surface area contributed by atoms with Gasteiger partial charge in [0.1, 0.15) is 11.4 Å². The van der Waals surface area contributed by atoms with Crippen LogP contribution in [0.5, 0.6) is 0 Å². The van der Waals surface area contributed by atoms with Gasteiger partial charge in [0.05, 0.1) is 23.8 Å². The zero-order chi connectivity index (χ0) is 44.1. The van der Waals surface area contributed by atoms with Crippen LogP contribution in [0.15, 0.2) is 30.4 Å². The van der Waals surface area contributed by atoms with Crippen LogP contribution in [-0.2, 0) is 77.0 Å². The molecule has 1 amide bonds. The third-order valence-electron chi connectivity index (χ3n) is 7.19. The molecule has 0 atom stereocenters. The Morgan fingerprint density at radius 1 is 0.881 bits per heavy atom. The van der Waals surface area contributed by atoms with E-state index in [0.717, 1.165) is 30.2 Å². The van der Waals surface area contributed by atoms with Crippen molar-refractivity contribution in [3.63, 3.8) is 0 Å². The smallest absolute Gasteiger partial charge is 0.410 e. The summed E-state index contributed by atoms with van der Waals surface area (Å²) in [6.45, 7) is 34.4. The molecular formula is C46H85FN2O6SUVW-2. The Kier molecular flexibility index (Phi) is 48.6. The van der Waals surface area contributed by atoms with Crippen LogP contribution in [0.2, 0.25) is 0 Å². The summed E-state index contributed by atoms with van der Waals surface area (Å²) in [6.07, 6.45) is 18.0. The molecule has 0 bridgehead atoms. The number of hydrogen-bond acceptors (Lipinski definition) is 6. The zero-order valence-corrected chi connectivity index (χ0v) is 49.4. The number of sulfonamides is 1. The fourth-order valence-electron chi connectivity index (χ4n) is 4.49. The molecule has 1 aliphatic carbocycles. The first-order valence-corrected chi connectivity index (χ1v) is 22.5. The summed E-state index contributed by atoms with van der Waals surface area (Å²) in [5, 5.41) is -0.0881. The third-order valence-corrected chi connectivity index (χ3v) is 9.34. The number of nitrogens with zero attached hydrogens (tertiary/aromatic N) is 1. The standard InChI is InChI=1S/C14H28.C12H14FNO2.C8H16O2.C6H13NO2S.2C3H7.U.V.W/c1-13(2)11-9-7-5-6-8-10-12-14(3)4;1-8(2)16-12(15)14-6-9-4-3-5-11(13)10(9)7-14;1-6(2)7(9)10-8(3,4)5;1-5(2)7-10(8,9)6-3-4-6;2*1-3-2;;;/h7,9,13-14H,5-6,8,10-12H2,1-4H3;3-5,8H,6-7H2,1-2H3;6H,1-5H3;5-7H,3-4H2,1-2H3;2*3H,1-2H3;;;/q;;;;2*-1;;;/b9-7+;;;;;;;;. The monoisotopic (exact) mass is 1290 g/mol. The summed E-state index contributed by atoms with van der Waals surface area (Å²) in [6, 6.07) is 4.94. The fraction of sp³-hybridized carbons (Fsp3) is 0.739. The van der Waals surface area contributed by atoms with Crippen LogP contribution in [0.25, 0.3) is 0 Å². The van der Waals surface area contributed by atoms with Crippen LogP contribution < -0.4 is 4.72 Å². The molecule has 1 aromatic rings. The summed E-state index contributed by atoms with van der Waals surface area (Å²) >= 11 is 0. The number of rotatable bonds is 13. The number of amides is 1. The topological polar surface area (TPSA) is 102 Å². The molecule has 3 rings (SSSR count). The molecular weight excluding hydrogens is 1200 g/mol. The first kappa shape index (κ1) is 70.5. The Morgan fingerprint density at radius 3 is 1.78 bits per heavy atom. The van der Waals surface area contributed by atoms with Gasteiger partial charge in [-0.25, -0.2) is 22.3 Å². The minimum Gasteiger partial charge on any atom is -0.460 e. The molecule has 0 unspecified atom stereocenters. The number of nitrogens with one attached hydrogen (secondary N) is 1. The van der Waals surface area contributed by atoms with Crippen molar-refractivity contribution in [2.45, 2.75) is 205 Å². The fourth-order valence-corrected chi connectivity index (χ4v) is 6.09. The van der Waals surface area contributed by atoms with Gasteiger partial charge in [-0.15, -0.1) is 0 Å². The Balaban J connectivity index is -0.000000152. The number of carbonyl (C=O) groups is 2. The van der Waals surface area contributed by atoms with Crippen molar-refractivity contribution in [3.05, 3.63) is 60.1 Å². The van der Waals surface area contributed by atoms with Gasteiger partial charge >= 0.3 is 12.1 Å². The number of benzene rings is 1. The van der Waals surface area contributed by atoms with E-state index < -0.39 is 10.0 Å². The number of fused-ring (bicyclic) bond motifs is 1. The number of ether oxygens (including phenoxy) is 2. The van der Waals surface area contributed by atoms with E-state index in [1.807, 2.05) is 95.1 Å². The second-order valence-electron chi connectivity index (χ2n) is 17.2. The molecule has 13 heteroatoms. The molecule has 1 fully saturated rings. The van der Waals surface area contributed by atoms with Crippen LogP contribution in [0.3, 0.4) is 0 Å². The van der Waals surface area contributed by atoms with E-state index in [4.69, 9.17) is 9.47 Å². The normalized spacial score (nSPS) is 12.7. The van der Waals surface area contributed by atoms with E-state index >= 15 is 0 Å². The van der Waals surface area contributed by atoms with Gasteiger partial charge in [-0.3, -0.25) is 9.69 Å². The van der Waals surface area contributed by atoms with Crippen LogP contribution in [0, 0.1) is 67.5 Å². The van der Waals surface area contributed by atoms with E-state index in [0.29, 0.717) is 18.7 Å². The molecule has 1 saturated carbocycles. The Bertz CT molecular complexity index is 1300. The molecule has 0 saturated heterocycles. The van der Waals surface area contributed by atoms with Gasteiger partial charge < -0.3 is 22.3 Å². The van der Waals surface area contributed by atoms with E-state index in [-0.39, 0.29) is 118 Å². The van der Waals surface area contributed by atoms with Crippen molar-refractivity contribution in [2.24, 2.45) is 17.8 Å². The van der Waals surface area contributed by atoms with Crippen LogP contribution in [-0.4, -0.2) is 48.4 Å². The van der Waals surface area contributed by atoms with Crippen LogP contribution in [0.4, 0.5) is 9.18 Å². The summed E-state index contributed by atoms with van der Waals surface area (Å²) in [5.41, 5.74) is 1.12. The molecule has 59 heavy (non-hydrogen) atoms. The number of hydrogen-bond donors (Lipinski definition) is 1. The van der Waals surface area contributed by atoms with E-state index in [1.165, 1.54) is 49.5 Å². The van der Waals surface area contributed by atoms with Gasteiger partial charge in [-0.1, -0.05) is 85.1 Å². The van der Waals surface area contributed by atoms with Crippen molar-refractivity contribution < 1.29 is 103 Å². The second-order valence-corrected chi connectivity index (χ2v) is 19.2. The van der Waals surface area contributed by atoms with Crippen LogP contribution in [0.1, 0.15) is 180 Å². The largest absolute Gasteiger partial charge is 0.460 e. The van der Waals surface area contributed by atoms with Gasteiger partial charge in [0.25, 0.3) is 0 Å². The Hall–Kier alpha value is -0.135. The van der Waals surface area contributed by atoms with Crippen molar-refractivity contribution in [3.8, 4) is 0 Å². The Morgan fingerprint density at radius 2 is 1.41 bits per heavy atom. The van der Waals surface area contributed by atoms with E-state index in [1.54, 1.807) is 19.9 Å². The number of carbonyl (C=O) groups excluding carboxylic acids is 2. The van der Waals surface area contributed by atoms with Crippen molar-refractivity contribution in [1.29, 1.82) is 0 Å². The predicted molar refractivity (Wildman–Crippen MR) is 236 cm³/mol. The first-order chi connectivity index (χ1) is 25.9. The average molecular weight is 1290 g/mol. The second kappa shape index (κ2) is 40.6. The van der Waals surface area contributed by atoms with Crippen LogP contribution >= 0.6 is 0 Å². The summed E-state index contributed by atoms with van der Waals surface area (Å²) < 4.78 is 48.3. The van der Waals surface area contributed by atoms with Gasteiger partial charge in [0, 0.05) is 88.9 Å². The molecule has 1 N–H and O–H groups in total. The van der Waals surface area contributed by atoms with Crippen molar-refractivity contribution in [2.75, 3.05) is 0 Å². The molecule has 2 aliphatic rings. The predicted octanol–water partition coefficient (Wildman–Crippen LogP) is 12.8. The summed E-state index contributed by atoms with van der Waals surface area (Å²) in [7, 11) is -2.94. The SMILES string of the molecule is CC(C)C(=O)OC(C)(C)C.CC(C)C/C=C/CCCCCC(C)C.CC(C)NS(=O)(=O)C1CC1.CC(C)OC(=O)N1Cc2cccc(F)c2C1.C[CH-]C.C[CH-]C.[U].[V].[W]. The number of esters is 1. The molecule has 8 nitrogen and oxygen atoms in total. The summed E-state index contributed by atoms with van der Waals surface area (Å²) in [5.74, 6) is 1.28. The first-order valence-electron chi connectivity index (χ1n) is 21.0. The van der Waals surface area contributed by atoms with Crippen molar-refractivity contribution >= 4 is 22.1 Å². The average Bonchev–Trinajstić information content (AvgIpc) is 3.82. The number of unbranched alkanes of at least 4 members (excludes halogenated alkanes) is 3. The number of allylic oxidation sites excluding steroid dienone is 2. The van der Waals surface area contributed by atoms with Gasteiger partial charge in [-0.2, -0.15) is 27.7 Å². The third kappa shape index (κ3) is 44.3. The number of halogens is 1. The molecule has 0 spiro atoms. The zero-order valence-electron chi connectivity index (χ0n) is 40.1. The van der Waals surface area contributed by atoms with Gasteiger partial charge in [-0.05, 0) is 104 Å². The molecule has 0 aromatic heterocycles. The maximum atomic E-state index is 13.4.